The highest BCUT2D eigenvalue weighted by Gasteiger charge is 2.21. The number of hydrogen-bond donors (Lipinski definition) is 2. The zero-order valence-corrected chi connectivity index (χ0v) is 9.06. The fourth-order valence-electron chi connectivity index (χ4n) is 2.47. The molecule has 1 aromatic carbocycles. The van der Waals surface area contributed by atoms with Crippen molar-refractivity contribution >= 4 is 16.6 Å². The maximum atomic E-state index is 13.8. The number of fused-ring (bicyclic) bond motifs is 2. The van der Waals surface area contributed by atoms with Gasteiger partial charge >= 0.3 is 0 Å². The van der Waals surface area contributed by atoms with Crippen molar-refractivity contribution in [3.05, 3.63) is 35.0 Å². The normalized spacial score (nSPS) is 14.1. The summed E-state index contributed by atoms with van der Waals surface area (Å²) in [5.74, 6) is 4.21. The first-order valence-corrected chi connectivity index (χ1v) is 5.48. The fourth-order valence-corrected chi connectivity index (χ4v) is 2.47. The van der Waals surface area contributed by atoms with Crippen LogP contribution in [0.25, 0.3) is 10.9 Å². The van der Waals surface area contributed by atoms with Gasteiger partial charge in [0, 0.05) is 17.8 Å². The molecule has 5 heteroatoms. The maximum Gasteiger partial charge on any atom is 0.137 e. The molecule has 1 aliphatic rings. The molecule has 1 aromatic heterocycles. The summed E-state index contributed by atoms with van der Waals surface area (Å²) in [5, 5.41) is 0.273. The van der Waals surface area contributed by atoms with Crippen LogP contribution in [0.5, 0.6) is 0 Å². The number of rotatable bonds is 1. The maximum absolute atomic E-state index is 13.8. The highest BCUT2D eigenvalue weighted by atomic mass is 19.1. The molecule has 0 unspecified atom stereocenters. The van der Waals surface area contributed by atoms with E-state index in [4.69, 9.17) is 5.84 Å². The number of halogens is 2. The number of nitrogen functional groups attached to an aromatic ring is 1. The van der Waals surface area contributed by atoms with Gasteiger partial charge in [-0.25, -0.2) is 8.78 Å². The molecule has 2 aromatic rings. The lowest BCUT2D eigenvalue weighted by Crippen LogP contribution is -2.11. The first kappa shape index (κ1) is 10.4. The Balaban J connectivity index is 2.45. The van der Waals surface area contributed by atoms with Gasteiger partial charge in [0.2, 0.25) is 0 Å². The quantitative estimate of drug-likeness (QED) is 0.589. The lowest BCUT2D eigenvalue weighted by molar-refractivity contribution is 0.591. The Morgan fingerprint density at radius 2 is 2.06 bits per heavy atom. The minimum Gasteiger partial charge on any atom is -0.323 e. The largest absolute Gasteiger partial charge is 0.323 e. The molecule has 0 spiro atoms. The summed E-state index contributed by atoms with van der Waals surface area (Å²) < 4.78 is 26.9. The first-order chi connectivity index (χ1) is 8.20. The Kier molecular flexibility index (Phi) is 2.22. The van der Waals surface area contributed by atoms with Crippen LogP contribution in [0.1, 0.15) is 17.7 Å². The van der Waals surface area contributed by atoms with Crippen molar-refractivity contribution in [3.8, 4) is 0 Å². The number of benzene rings is 1. The number of pyridine rings is 1. The van der Waals surface area contributed by atoms with Gasteiger partial charge in [0.05, 0.1) is 16.6 Å². The topological polar surface area (TPSA) is 50.9 Å². The average molecular weight is 235 g/mol. The lowest BCUT2D eigenvalue weighted by Gasteiger charge is -2.12. The number of nitrogens with zero attached hydrogens (tertiary/aromatic N) is 1. The van der Waals surface area contributed by atoms with Gasteiger partial charge in [0.25, 0.3) is 0 Å². The van der Waals surface area contributed by atoms with Crippen molar-refractivity contribution in [2.24, 2.45) is 5.84 Å². The van der Waals surface area contributed by atoms with Crippen LogP contribution in [0.2, 0.25) is 0 Å². The molecule has 0 atom stereocenters. The van der Waals surface area contributed by atoms with E-state index in [0.29, 0.717) is 11.2 Å². The van der Waals surface area contributed by atoms with E-state index in [1.54, 1.807) is 0 Å². The van der Waals surface area contributed by atoms with Gasteiger partial charge in [-0.1, -0.05) is 0 Å². The van der Waals surface area contributed by atoms with E-state index >= 15 is 0 Å². The molecule has 88 valence electrons. The molecule has 0 radical (unpaired) electrons. The molecule has 3 nitrogen and oxygen atoms in total. The van der Waals surface area contributed by atoms with E-state index in [1.807, 2.05) is 0 Å². The van der Waals surface area contributed by atoms with Crippen LogP contribution in [-0.2, 0) is 12.8 Å². The second-order valence-corrected chi connectivity index (χ2v) is 4.19. The molecule has 1 heterocycles. The van der Waals surface area contributed by atoms with E-state index in [-0.39, 0.29) is 5.39 Å². The van der Waals surface area contributed by atoms with Crippen LogP contribution in [0.4, 0.5) is 14.5 Å². The highest BCUT2D eigenvalue weighted by molar-refractivity contribution is 5.94. The monoisotopic (exact) mass is 235 g/mol. The van der Waals surface area contributed by atoms with Crippen molar-refractivity contribution in [1.82, 2.24) is 4.98 Å². The van der Waals surface area contributed by atoms with Crippen molar-refractivity contribution in [3.63, 3.8) is 0 Å². The first-order valence-electron chi connectivity index (χ1n) is 5.48. The molecule has 0 saturated carbocycles. The smallest absolute Gasteiger partial charge is 0.137 e. The third-order valence-electron chi connectivity index (χ3n) is 3.17. The van der Waals surface area contributed by atoms with Crippen LogP contribution < -0.4 is 11.3 Å². The second kappa shape index (κ2) is 3.63. The molecule has 0 aliphatic heterocycles. The number of hydrazine groups is 1. The van der Waals surface area contributed by atoms with Crippen molar-refractivity contribution in [2.75, 3.05) is 5.43 Å². The summed E-state index contributed by atoms with van der Waals surface area (Å²) in [6.07, 6.45) is 2.63. The summed E-state index contributed by atoms with van der Waals surface area (Å²) in [6.45, 7) is 0. The number of nitrogens with one attached hydrogen (secondary N) is 1. The Morgan fingerprint density at radius 3 is 2.82 bits per heavy atom. The van der Waals surface area contributed by atoms with E-state index in [1.165, 1.54) is 6.07 Å². The molecule has 0 bridgehead atoms. The van der Waals surface area contributed by atoms with Gasteiger partial charge < -0.3 is 5.43 Å². The third-order valence-corrected chi connectivity index (χ3v) is 3.17. The fraction of sp³-hybridized carbons (Fsp3) is 0.250. The minimum atomic E-state index is -0.629. The molecular weight excluding hydrogens is 224 g/mol. The number of anilines is 1. The van der Waals surface area contributed by atoms with Crippen molar-refractivity contribution < 1.29 is 8.78 Å². The van der Waals surface area contributed by atoms with E-state index in [2.05, 4.69) is 10.4 Å². The minimum absolute atomic E-state index is 0.273. The van der Waals surface area contributed by atoms with Crippen LogP contribution in [0.15, 0.2) is 12.1 Å². The van der Waals surface area contributed by atoms with Gasteiger partial charge in [-0.2, -0.15) is 0 Å². The standard InChI is InChI=1S/C12H11F2N3/c13-6-4-8(14)11-10(5-6)16-9-3-1-2-7(9)12(11)17-15/h4-5H,1-3,15H2,(H,16,17). The molecular formula is C12H11F2N3. The Morgan fingerprint density at radius 1 is 1.24 bits per heavy atom. The molecule has 1 aliphatic carbocycles. The average Bonchev–Trinajstić information content (AvgIpc) is 2.73. The summed E-state index contributed by atoms with van der Waals surface area (Å²) in [6, 6.07) is 2.09. The van der Waals surface area contributed by atoms with Crippen LogP contribution in [0.3, 0.4) is 0 Å². The van der Waals surface area contributed by atoms with Crippen LogP contribution in [0, 0.1) is 11.6 Å². The van der Waals surface area contributed by atoms with E-state index in [0.717, 1.165) is 36.6 Å². The highest BCUT2D eigenvalue weighted by Crippen LogP contribution is 2.35. The summed E-state index contributed by atoms with van der Waals surface area (Å²) in [5.41, 5.74) is 5.22. The Labute approximate surface area is 96.6 Å². The number of hydrogen-bond acceptors (Lipinski definition) is 3. The van der Waals surface area contributed by atoms with Crippen LogP contribution >= 0.6 is 0 Å². The van der Waals surface area contributed by atoms with Gasteiger partial charge in [-0.05, 0) is 24.8 Å². The van der Waals surface area contributed by atoms with Crippen molar-refractivity contribution in [1.29, 1.82) is 0 Å². The van der Waals surface area contributed by atoms with Gasteiger partial charge in [0.15, 0.2) is 0 Å². The number of aryl methyl sites for hydroxylation is 1. The molecule has 17 heavy (non-hydrogen) atoms. The molecule has 0 saturated heterocycles. The van der Waals surface area contributed by atoms with E-state index in [9.17, 15) is 8.78 Å². The van der Waals surface area contributed by atoms with Gasteiger partial charge in [-0.3, -0.25) is 10.8 Å². The number of aromatic nitrogens is 1. The molecule has 3 rings (SSSR count). The molecule has 0 amide bonds. The summed E-state index contributed by atoms with van der Waals surface area (Å²) in [4.78, 5) is 4.31. The van der Waals surface area contributed by atoms with E-state index < -0.39 is 11.6 Å². The van der Waals surface area contributed by atoms with Crippen LogP contribution in [-0.4, -0.2) is 4.98 Å². The predicted octanol–water partition coefficient (Wildman–Crippen LogP) is 2.29. The SMILES string of the molecule is NNc1c2c(nc3cc(F)cc(F)c13)CCC2. The van der Waals surface area contributed by atoms with Gasteiger partial charge in [0.1, 0.15) is 11.6 Å². The Hall–Kier alpha value is -1.75. The second-order valence-electron chi connectivity index (χ2n) is 4.19. The zero-order valence-electron chi connectivity index (χ0n) is 9.06. The predicted molar refractivity (Wildman–Crippen MR) is 61.5 cm³/mol. The lowest BCUT2D eigenvalue weighted by atomic mass is 10.1. The zero-order chi connectivity index (χ0) is 12.0. The number of nitrogens with two attached hydrogens (primary N) is 1. The third kappa shape index (κ3) is 1.46. The summed E-state index contributed by atoms with van der Waals surface area (Å²) >= 11 is 0. The summed E-state index contributed by atoms with van der Waals surface area (Å²) in [7, 11) is 0. The molecule has 3 N–H and O–H groups in total. The van der Waals surface area contributed by atoms with Crippen molar-refractivity contribution in [2.45, 2.75) is 19.3 Å². The van der Waals surface area contributed by atoms with Gasteiger partial charge in [-0.15, -0.1) is 0 Å². The Bertz CT molecular complexity index is 610. The molecule has 0 fully saturated rings.